The van der Waals surface area contributed by atoms with E-state index in [1.165, 1.54) is 31.3 Å². The van der Waals surface area contributed by atoms with Gasteiger partial charge in [0.2, 0.25) is 0 Å². The van der Waals surface area contributed by atoms with E-state index in [1.54, 1.807) is 0 Å². The normalized spacial score (nSPS) is 48.4. The minimum Gasteiger partial charge on any atom is -0.393 e. The van der Waals surface area contributed by atoms with Crippen LogP contribution in [0.2, 0.25) is 0 Å². The maximum Gasteiger partial charge on any atom is 0.0628 e. The molecule has 3 N–H and O–H groups in total. The molecule has 0 aromatic heterocycles. The van der Waals surface area contributed by atoms with Crippen molar-refractivity contribution in [1.29, 1.82) is 0 Å². The maximum atomic E-state index is 11.9. The molecule has 0 aromatic rings. The van der Waals surface area contributed by atoms with E-state index in [-0.39, 0.29) is 33.9 Å². The van der Waals surface area contributed by atoms with Crippen LogP contribution in [0.4, 0.5) is 0 Å². The molecule has 0 aromatic carbocycles. The van der Waals surface area contributed by atoms with Crippen molar-refractivity contribution in [3.63, 3.8) is 0 Å². The molecule has 0 saturated heterocycles. The minimum atomic E-state index is -0.259. The van der Waals surface area contributed by atoms with Gasteiger partial charge in [-0.2, -0.15) is 0 Å². The zero-order valence-corrected chi connectivity index (χ0v) is 22.0. The number of fused-ring (bicyclic) bond motifs is 5. The molecular formula is C29H51NO2. The second kappa shape index (κ2) is 8.38. The van der Waals surface area contributed by atoms with Crippen LogP contribution in [0.25, 0.3) is 0 Å². The Kier molecular flexibility index (Phi) is 6.48. The number of rotatable bonds is 6. The summed E-state index contributed by atoms with van der Waals surface area (Å²) >= 11 is 0. The highest BCUT2D eigenvalue weighted by Crippen LogP contribution is 2.74. The Morgan fingerprint density at radius 1 is 1.03 bits per heavy atom. The van der Waals surface area contributed by atoms with E-state index in [2.05, 4.69) is 59.9 Å². The van der Waals surface area contributed by atoms with E-state index in [0.717, 1.165) is 44.7 Å². The van der Waals surface area contributed by atoms with Crippen LogP contribution in [0.1, 0.15) is 99.8 Å². The summed E-state index contributed by atoms with van der Waals surface area (Å²) in [5.41, 5.74) is 1.69. The van der Waals surface area contributed by atoms with Crippen molar-refractivity contribution in [2.24, 2.45) is 45.3 Å². The average Bonchev–Trinajstić information content (AvgIpc) is 2.99. The summed E-state index contributed by atoms with van der Waals surface area (Å²) in [6, 6.07) is 0. The number of nitrogens with one attached hydrogen (secondary N) is 1. The molecule has 9 atom stereocenters. The maximum absolute atomic E-state index is 11.9. The summed E-state index contributed by atoms with van der Waals surface area (Å²) in [5.74, 6) is 2.37. The largest absolute Gasteiger partial charge is 0.393 e. The van der Waals surface area contributed by atoms with E-state index in [1.807, 2.05) is 0 Å². The lowest BCUT2D eigenvalue weighted by atomic mass is 9.38. The highest BCUT2D eigenvalue weighted by Gasteiger charge is 2.70. The lowest BCUT2D eigenvalue weighted by Crippen LogP contribution is -2.64. The fraction of sp³-hybridized carbons (Fsp3) is 0.931. The lowest BCUT2D eigenvalue weighted by Gasteiger charge is -2.67. The van der Waals surface area contributed by atoms with Crippen molar-refractivity contribution >= 4 is 0 Å². The Labute approximate surface area is 197 Å². The van der Waals surface area contributed by atoms with Gasteiger partial charge in [0.25, 0.3) is 0 Å². The zero-order chi connectivity index (χ0) is 23.5. The summed E-state index contributed by atoms with van der Waals surface area (Å²) < 4.78 is 0. The first kappa shape index (κ1) is 24.7. The molecule has 0 heterocycles. The monoisotopic (exact) mass is 445 g/mol. The number of aliphatic hydroxyl groups is 2. The molecule has 184 valence electrons. The molecule has 0 spiro atoms. The molecule has 3 saturated carbocycles. The SMILES string of the molecule is CCNCCC[C@@H](C)[C@H]1CC[C@@]2(C)[C@@H]3CC=C4[C@@H](CC[C@H](O)C4(C)C)[C@]3(C)[C@H](O)C[C@]12C. The second-order valence-electron chi connectivity index (χ2n) is 13.4. The van der Waals surface area contributed by atoms with Crippen LogP contribution < -0.4 is 5.32 Å². The smallest absolute Gasteiger partial charge is 0.0628 e. The van der Waals surface area contributed by atoms with Gasteiger partial charge in [-0.1, -0.05) is 60.1 Å². The van der Waals surface area contributed by atoms with Crippen LogP contribution in [-0.4, -0.2) is 35.5 Å². The fourth-order valence-electron chi connectivity index (χ4n) is 9.59. The van der Waals surface area contributed by atoms with Gasteiger partial charge in [-0.25, -0.2) is 0 Å². The van der Waals surface area contributed by atoms with Crippen LogP contribution in [0.15, 0.2) is 11.6 Å². The van der Waals surface area contributed by atoms with E-state index in [0.29, 0.717) is 17.8 Å². The number of allylic oxidation sites excluding steroid dienone is 1. The molecule has 4 rings (SSSR count). The Morgan fingerprint density at radius 3 is 2.44 bits per heavy atom. The summed E-state index contributed by atoms with van der Waals surface area (Å²) in [7, 11) is 0. The fourth-order valence-corrected chi connectivity index (χ4v) is 9.59. The van der Waals surface area contributed by atoms with E-state index in [4.69, 9.17) is 0 Å². The van der Waals surface area contributed by atoms with Gasteiger partial charge in [-0.15, -0.1) is 0 Å². The third-order valence-electron chi connectivity index (χ3n) is 11.9. The molecule has 0 aliphatic heterocycles. The van der Waals surface area contributed by atoms with Crippen molar-refractivity contribution in [2.75, 3.05) is 13.1 Å². The van der Waals surface area contributed by atoms with Gasteiger partial charge in [0, 0.05) is 10.8 Å². The van der Waals surface area contributed by atoms with Crippen molar-refractivity contribution in [3.8, 4) is 0 Å². The van der Waals surface area contributed by atoms with Crippen LogP contribution in [0.3, 0.4) is 0 Å². The molecule has 0 unspecified atom stereocenters. The summed E-state index contributed by atoms with van der Waals surface area (Å²) in [4.78, 5) is 0. The minimum absolute atomic E-state index is 0.0705. The third kappa shape index (κ3) is 3.31. The Bertz CT molecular complexity index is 731. The highest BCUT2D eigenvalue weighted by molar-refractivity contribution is 5.31. The van der Waals surface area contributed by atoms with Gasteiger partial charge < -0.3 is 15.5 Å². The summed E-state index contributed by atoms with van der Waals surface area (Å²) in [6.07, 6.45) is 11.1. The van der Waals surface area contributed by atoms with Crippen LogP contribution in [-0.2, 0) is 0 Å². The van der Waals surface area contributed by atoms with Crippen LogP contribution in [0, 0.1) is 45.3 Å². The highest BCUT2D eigenvalue weighted by atomic mass is 16.3. The van der Waals surface area contributed by atoms with Crippen molar-refractivity contribution < 1.29 is 10.2 Å². The lowest BCUT2D eigenvalue weighted by molar-refractivity contribution is -0.204. The number of hydrogen-bond acceptors (Lipinski definition) is 3. The summed E-state index contributed by atoms with van der Waals surface area (Å²) in [5, 5.41) is 26.2. The van der Waals surface area contributed by atoms with Gasteiger partial charge in [-0.05, 0) is 99.0 Å². The first-order valence-corrected chi connectivity index (χ1v) is 13.7. The van der Waals surface area contributed by atoms with Gasteiger partial charge >= 0.3 is 0 Å². The van der Waals surface area contributed by atoms with E-state index < -0.39 is 0 Å². The van der Waals surface area contributed by atoms with Gasteiger partial charge in [0.1, 0.15) is 0 Å². The van der Waals surface area contributed by atoms with Crippen LogP contribution >= 0.6 is 0 Å². The standard InChI is InChI=1S/C29H51NO2/c1-8-30-17-9-10-19(2)20-15-16-27(5)23-13-11-21-22(12-14-24(31)26(21,3)4)29(23,7)25(32)18-28(20,27)6/h11,19-20,22-25,30-32H,8-10,12-18H2,1-7H3/t19-,20-,22-,23+,24+,25-,27+,28-,29+/m1/s1. The molecule has 3 heteroatoms. The topological polar surface area (TPSA) is 52.5 Å². The third-order valence-corrected chi connectivity index (χ3v) is 11.9. The molecule has 4 aliphatic carbocycles. The van der Waals surface area contributed by atoms with Gasteiger partial charge in [0.05, 0.1) is 12.2 Å². The van der Waals surface area contributed by atoms with E-state index >= 15 is 0 Å². The van der Waals surface area contributed by atoms with Gasteiger partial charge in [0.15, 0.2) is 0 Å². The number of hydrogen-bond donors (Lipinski definition) is 3. The molecule has 4 aliphatic rings. The Balaban J connectivity index is 1.64. The molecule has 3 fully saturated rings. The van der Waals surface area contributed by atoms with Crippen molar-refractivity contribution in [2.45, 2.75) is 112 Å². The second-order valence-corrected chi connectivity index (χ2v) is 13.4. The predicted octanol–water partition coefficient (Wildman–Crippen LogP) is 5.95. The molecular weight excluding hydrogens is 394 g/mol. The molecule has 0 amide bonds. The first-order valence-electron chi connectivity index (χ1n) is 13.7. The van der Waals surface area contributed by atoms with Crippen molar-refractivity contribution in [1.82, 2.24) is 5.32 Å². The Hall–Kier alpha value is -0.380. The van der Waals surface area contributed by atoms with Crippen molar-refractivity contribution in [3.05, 3.63) is 11.6 Å². The summed E-state index contributed by atoms with van der Waals surface area (Å²) in [6.45, 7) is 18.9. The predicted molar refractivity (Wildman–Crippen MR) is 133 cm³/mol. The quantitative estimate of drug-likeness (QED) is 0.350. The van der Waals surface area contributed by atoms with E-state index in [9.17, 15) is 10.2 Å². The average molecular weight is 446 g/mol. The first-order chi connectivity index (χ1) is 14.9. The number of aliphatic hydroxyl groups excluding tert-OH is 2. The van der Waals surface area contributed by atoms with Crippen LogP contribution in [0.5, 0.6) is 0 Å². The zero-order valence-electron chi connectivity index (χ0n) is 22.0. The molecule has 0 radical (unpaired) electrons. The molecule has 0 bridgehead atoms. The Morgan fingerprint density at radius 2 is 1.75 bits per heavy atom. The molecule has 32 heavy (non-hydrogen) atoms. The molecule has 3 nitrogen and oxygen atoms in total. The van der Waals surface area contributed by atoms with Gasteiger partial charge in [-0.3, -0.25) is 0 Å².